The van der Waals surface area contributed by atoms with Gasteiger partial charge in [-0.3, -0.25) is 0 Å². The van der Waals surface area contributed by atoms with Crippen LogP contribution < -0.4 is 0 Å². The summed E-state index contributed by atoms with van der Waals surface area (Å²) in [5, 5.41) is 0. The maximum absolute atomic E-state index is 10.7. The fourth-order valence-electron chi connectivity index (χ4n) is 1.30. The third-order valence-corrected chi connectivity index (χ3v) is 2.67. The van der Waals surface area contributed by atoms with E-state index in [9.17, 15) is 4.79 Å². The number of hydrogen-bond donors (Lipinski definition) is 0. The molecule has 0 saturated carbocycles. The second-order valence-corrected chi connectivity index (χ2v) is 4.89. The van der Waals surface area contributed by atoms with Crippen molar-refractivity contribution in [2.45, 2.75) is 20.0 Å². The van der Waals surface area contributed by atoms with Gasteiger partial charge in [0.15, 0.2) is 0 Å². The Kier molecular flexibility index (Phi) is 7.63. The first-order valence-corrected chi connectivity index (χ1v) is 6.70. The SMILES string of the molecule is [B]P(C)OC(C(C)C=O)C(C)/C=C/C=C. The Bertz CT molecular complexity index is 229. The molecule has 0 amide bonds. The molecular formula is C11H18BO2P. The third-order valence-electron chi connectivity index (χ3n) is 2.09. The summed E-state index contributed by atoms with van der Waals surface area (Å²) in [6.45, 7) is 9.27. The van der Waals surface area contributed by atoms with E-state index in [0.717, 1.165) is 6.29 Å². The zero-order valence-electron chi connectivity index (χ0n) is 9.59. The number of rotatable bonds is 7. The maximum atomic E-state index is 10.7. The van der Waals surface area contributed by atoms with E-state index in [1.165, 1.54) is 0 Å². The van der Waals surface area contributed by atoms with Crippen molar-refractivity contribution in [3.63, 3.8) is 0 Å². The van der Waals surface area contributed by atoms with Gasteiger partial charge < -0.3 is 9.32 Å². The van der Waals surface area contributed by atoms with Gasteiger partial charge in [-0.25, -0.2) is 0 Å². The number of aldehydes is 1. The van der Waals surface area contributed by atoms with E-state index in [1.807, 2.05) is 32.7 Å². The summed E-state index contributed by atoms with van der Waals surface area (Å²) in [7, 11) is 4.69. The molecule has 2 nitrogen and oxygen atoms in total. The normalized spacial score (nSPS) is 19.4. The van der Waals surface area contributed by atoms with Gasteiger partial charge in [-0.15, -0.1) is 0 Å². The predicted octanol–water partition coefficient (Wildman–Crippen LogP) is 2.70. The standard InChI is InChI=1S/C11H18BO2P/c1-5-6-7-9(2)11(10(3)8-13)14-15(4)12/h5-11H,1H2,2-4H3/b7-6+. The van der Waals surface area contributed by atoms with Crippen LogP contribution in [0.2, 0.25) is 0 Å². The molecule has 0 rings (SSSR count). The topological polar surface area (TPSA) is 26.3 Å². The molecule has 0 aromatic heterocycles. The summed E-state index contributed by atoms with van der Waals surface area (Å²) >= 11 is 0. The zero-order valence-corrected chi connectivity index (χ0v) is 10.5. The van der Waals surface area contributed by atoms with Gasteiger partial charge in [-0.2, -0.15) is 0 Å². The highest BCUT2D eigenvalue weighted by atomic mass is 31.1. The number of carbonyl (C=O) groups is 1. The van der Waals surface area contributed by atoms with Crippen molar-refractivity contribution >= 4 is 21.9 Å². The van der Waals surface area contributed by atoms with Crippen LogP contribution in [-0.2, 0) is 9.32 Å². The van der Waals surface area contributed by atoms with E-state index in [2.05, 4.69) is 6.58 Å². The van der Waals surface area contributed by atoms with E-state index in [4.69, 9.17) is 12.1 Å². The van der Waals surface area contributed by atoms with E-state index in [-0.39, 0.29) is 17.9 Å². The molecule has 15 heavy (non-hydrogen) atoms. The quantitative estimate of drug-likeness (QED) is 0.287. The van der Waals surface area contributed by atoms with Gasteiger partial charge in [0.1, 0.15) is 13.9 Å². The lowest BCUT2D eigenvalue weighted by Gasteiger charge is -2.27. The van der Waals surface area contributed by atoms with E-state index in [1.54, 1.807) is 6.08 Å². The summed E-state index contributed by atoms with van der Waals surface area (Å²) in [4.78, 5) is 10.7. The Hall–Kier alpha value is -0.395. The lowest BCUT2D eigenvalue weighted by molar-refractivity contribution is -0.113. The van der Waals surface area contributed by atoms with Gasteiger partial charge in [0, 0.05) is 11.8 Å². The lowest BCUT2D eigenvalue weighted by Crippen LogP contribution is -2.27. The Labute approximate surface area is 95.0 Å². The minimum atomic E-state index is -0.944. The van der Waals surface area contributed by atoms with Gasteiger partial charge in [0.25, 0.3) is 0 Å². The van der Waals surface area contributed by atoms with Crippen molar-refractivity contribution in [1.82, 2.24) is 0 Å². The Morgan fingerprint density at radius 2 is 2.00 bits per heavy atom. The highest BCUT2D eigenvalue weighted by molar-refractivity contribution is 7.77. The molecule has 0 aromatic rings. The van der Waals surface area contributed by atoms with Crippen LogP contribution in [0.1, 0.15) is 13.8 Å². The van der Waals surface area contributed by atoms with Gasteiger partial charge in [0.05, 0.1) is 6.10 Å². The predicted molar refractivity (Wildman–Crippen MR) is 67.2 cm³/mol. The molecule has 0 aliphatic heterocycles. The number of allylic oxidation sites excluding steroid dienone is 2. The van der Waals surface area contributed by atoms with Crippen LogP contribution in [0.5, 0.6) is 0 Å². The molecule has 0 bridgehead atoms. The monoisotopic (exact) mass is 224 g/mol. The molecule has 0 fully saturated rings. The van der Waals surface area contributed by atoms with Crippen LogP contribution in [-0.4, -0.2) is 26.6 Å². The van der Waals surface area contributed by atoms with Gasteiger partial charge in [-0.05, 0) is 14.7 Å². The second kappa shape index (κ2) is 7.84. The number of hydrogen-bond acceptors (Lipinski definition) is 2. The highest BCUT2D eigenvalue weighted by Crippen LogP contribution is 2.32. The van der Waals surface area contributed by atoms with Crippen molar-refractivity contribution < 1.29 is 9.32 Å². The van der Waals surface area contributed by atoms with Crippen molar-refractivity contribution in [2.24, 2.45) is 11.8 Å². The Morgan fingerprint density at radius 1 is 1.40 bits per heavy atom. The van der Waals surface area contributed by atoms with Crippen LogP contribution in [0.4, 0.5) is 0 Å². The van der Waals surface area contributed by atoms with Gasteiger partial charge >= 0.3 is 0 Å². The van der Waals surface area contributed by atoms with Crippen molar-refractivity contribution in [3.8, 4) is 0 Å². The minimum absolute atomic E-state index is 0.150. The van der Waals surface area contributed by atoms with Crippen molar-refractivity contribution in [3.05, 3.63) is 24.8 Å². The molecule has 0 N–H and O–H groups in total. The van der Waals surface area contributed by atoms with Crippen LogP contribution >= 0.6 is 8.03 Å². The molecular weight excluding hydrogens is 206 g/mol. The first kappa shape index (κ1) is 14.6. The maximum Gasteiger partial charge on any atom is 0.148 e. The van der Waals surface area contributed by atoms with Crippen LogP contribution in [0.15, 0.2) is 24.8 Å². The van der Waals surface area contributed by atoms with Gasteiger partial charge in [0.2, 0.25) is 0 Å². The van der Waals surface area contributed by atoms with E-state index < -0.39 is 8.03 Å². The second-order valence-electron chi connectivity index (χ2n) is 3.59. The lowest BCUT2D eigenvalue weighted by atomic mass is 9.94. The summed E-state index contributed by atoms with van der Waals surface area (Å²) in [6, 6.07) is 0. The summed E-state index contributed by atoms with van der Waals surface area (Å²) in [5.41, 5.74) is 0. The summed E-state index contributed by atoms with van der Waals surface area (Å²) < 4.78 is 5.59. The fraction of sp³-hybridized carbons (Fsp3) is 0.545. The molecule has 2 radical (unpaired) electrons. The molecule has 0 aliphatic rings. The van der Waals surface area contributed by atoms with Crippen LogP contribution in [0.3, 0.4) is 0 Å². The van der Waals surface area contributed by atoms with Crippen molar-refractivity contribution in [1.29, 1.82) is 0 Å². The average molecular weight is 224 g/mol. The van der Waals surface area contributed by atoms with E-state index in [0.29, 0.717) is 0 Å². The molecule has 4 heteroatoms. The smallest absolute Gasteiger partial charge is 0.148 e. The Morgan fingerprint density at radius 3 is 2.40 bits per heavy atom. The summed E-state index contributed by atoms with van der Waals surface area (Å²) in [5.74, 6) is -0.000310. The van der Waals surface area contributed by atoms with Crippen molar-refractivity contribution in [2.75, 3.05) is 6.66 Å². The largest absolute Gasteiger partial charge is 0.366 e. The van der Waals surface area contributed by atoms with Crippen LogP contribution in [0.25, 0.3) is 0 Å². The Balaban J connectivity index is 4.52. The first-order chi connectivity index (χ1) is 7.02. The fourth-order valence-corrected chi connectivity index (χ4v) is 2.07. The van der Waals surface area contributed by atoms with Gasteiger partial charge in [-0.1, -0.05) is 38.7 Å². The molecule has 4 atom stereocenters. The molecule has 4 unspecified atom stereocenters. The van der Waals surface area contributed by atoms with E-state index >= 15 is 0 Å². The summed E-state index contributed by atoms with van der Waals surface area (Å²) in [6.07, 6.45) is 6.28. The van der Waals surface area contributed by atoms with Crippen LogP contribution in [0, 0.1) is 11.8 Å². The highest BCUT2D eigenvalue weighted by Gasteiger charge is 2.23. The molecule has 0 heterocycles. The minimum Gasteiger partial charge on any atom is -0.366 e. The number of carbonyl (C=O) groups excluding carboxylic acids is 1. The molecule has 82 valence electrons. The molecule has 0 saturated heterocycles. The first-order valence-electron chi connectivity index (χ1n) is 4.92. The average Bonchev–Trinajstić information content (AvgIpc) is 2.21. The third kappa shape index (κ3) is 5.91. The molecule has 0 spiro atoms. The zero-order chi connectivity index (χ0) is 11.8. The molecule has 0 aromatic carbocycles. The molecule has 0 aliphatic carbocycles.